The van der Waals surface area contributed by atoms with Crippen molar-refractivity contribution in [2.45, 2.75) is 13.5 Å². The summed E-state index contributed by atoms with van der Waals surface area (Å²) in [5.41, 5.74) is 1.91. The molecule has 0 saturated carbocycles. The van der Waals surface area contributed by atoms with Gasteiger partial charge in [0.1, 0.15) is 0 Å². The summed E-state index contributed by atoms with van der Waals surface area (Å²) in [5, 5.41) is 10.8. The van der Waals surface area contributed by atoms with Crippen LogP contribution >= 0.6 is 24.0 Å². The van der Waals surface area contributed by atoms with Crippen LogP contribution in [0.25, 0.3) is 5.82 Å². The number of methoxy groups -OCH3 is 1. The smallest absolute Gasteiger partial charge is 0.195 e. The van der Waals surface area contributed by atoms with E-state index in [0.29, 0.717) is 30.6 Å². The molecule has 1 aromatic carbocycles. The highest BCUT2D eigenvalue weighted by Gasteiger charge is 2.07. The van der Waals surface area contributed by atoms with Gasteiger partial charge in [-0.3, -0.25) is 4.99 Å². The minimum Gasteiger partial charge on any atom is -0.493 e. The maximum atomic E-state index is 5.62. The lowest BCUT2D eigenvalue weighted by Crippen LogP contribution is -2.30. The first kappa shape index (κ1) is 22.5. The lowest BCUT2D eigenvalue weighted by molar-refractivity contribution is 0.311. The van der Waals surface area contributed by atoms with Crippen molar-refractivity contribution in [3.63, 3.8) is 0 Å². The number of nitrogens with zero attached hydrogens (tertiary/aromatic N) is 4. The van der Waals surface area contributed by atoms with Crippen LogP contribution in [-0.4, -0.2) is 41.5 Å². The third kappa shape index (κ3) is 6.08. The molecule has 0 aliphatic heterocycles. The Balaban J connectivity index is 0.00000300. The Bertz CT molecular complexity index is 930. The van der Waals surface area contributed by atoms with Crippen LogP contribution in [0.1, 0.15) is 12.5 Å². The molecule has 154 valence electrons. The number of benzene rings is 1. The molecular formula is C20H25IN6O2. The molecule has 0 atom stereocenters. The molecule has 0 saturated heterocycles. The number of guanidine groups is 1. The quantitative estimate of drug-likeness (QED) is 0.289. The van der Waals surface area contributed by atoms with Crippen molar-refractivity contribution in [1.29, 1.82) is 0 Å². The van der Waals surface area contributed by atoms with Crippen LogP contribution in [0.3, 0.4) is 0 Å². The average molecular weight is 508 g/mol. The third-order valence-electron chi connectivity index (χ3n) is 3.96. The van der Waals surface area contributed by atoms with Gasteiger partial charge in [0.15, 0.2) is 23.3 Å². The summed E-state index contributed by atoms with van der Waals surface area (Å²) in [6, 6.07) is 11.5. The lowest BCUT2D eigenvalue weighted by Gasteiger charge is -2.15. The lowest BCUT2D eigenvalue weighted by atomic mass is 10.2. The van der Waals surface area contributed by atoms with Crippen LogP contribution in [0.5, 0.6) is 11.5 Å². The minimum atomic E-state index is 0. The molecule has 29 heavy (non-hydrogen) atoms. The first-order valence-corrected chi connectivity index (χ1v) is 8.97. The molecule has 0 aliphatic rings. The highest BCUT2D eigenvalue weighted by atomic mass is 127. The number of halogens is 1. The number of hydrogen-bond donors (Lipinski definition) is 2. The molecule has 2 heterocycles. The van der Waals surface area contributed by atoms with Gasteiger partial charge >= 0.3 is 0 Å². The number of nitrogens with one attached hydrogen (secondary N) is 2. The third-order valence-corrected chi connectivity index (χ3v) is 3.96. The Morgan fingerprint density at radius 2 is 2.03 bits per heavy atom. The Hall–Kier alpha value is -2.82. The Labute approximate surface area is 187 Å². The molecule has 0 spiro atoms. The maximum absolute atomic E-state index is 5.62. The van der Waals surface area contributed by atoms with E-state index < -0.39 is 0 Å². The molecular weight excluding hydrogens is 483 g/mol. The maximum Gasteiger partial charge on any atom is 0.195 e. The number of pyridine rings is 1. The molecule has 0 amide bonds. The Kier molecular flexibility index (Phi) is 8.71. The molecule has 3 rings (SSSR count). The average Bonchev–Trinajstić information content (AvgIpc) is 3.27. The van der Waals surface area contributed by atoms with Gasteiger partial charge in [0, 0.05) is 43.9 Å². The van der Waals surface area contributed by atoms with Gasteiger partial charge in [0.05, 0.1) is 13.7 Å². The van der Waals surface area contributed by atoms with Gasteiger partial charge in [-0.1, -0.05) is 0 Å². The van der Waals surface area contributed by atoms with Crippen LogP contribution < -0.4 is 20.1 Å². The van der Waals surface area contributed by atoms with Gasteiger partial charge in [-0.15, -0.1) is 24.0 Å². The zero-order chi connectivity index (χ0) is 19.8. The van der Waals surface area contributed by atoms with Crippen molar-refractivity contribution in [2.75, 3.05) is 26.1 Å². The van der Waals surface area contributed by atoms with E-state index in [1.807, 2.05) is 49.5 Å². The molecule has 0 bridgehead atoms. The molecule has 0 aliphatic carbocycles. The van der Waals surface area contributed by atoms with Crippen LogP contribution in [0.2, 0.25) is 0 Å². The van der Waals surface area contributed by atoms with E-state index in [4.69, 9.17) is 9.47 Å². The molecule has 2 aromatic heterocycles. The van der Waals surface area contributed by atoms with Gasteiger partial charge < -0.3 is 20.1 Å². The first-order valence-electron chi connectivity index (χ1n) is 8.97. The van der Waals surface area contributed by atoms with Crippen molar-refractivity contribution >= 4 is 35.6 Å². The topological polar surface area (TPSA) is 85.6 Å². The molecule has 3 aromatic rings. The number of hydrogen-bond acceptors (Lipinski definition) is 5. The van der Waals surface area contributed by atoms with Gasteiger partial charge in [0.25, 0.3) is 0 Å². The Morgan fingerprint density at radius 3 is 2.72 bits per heavy atom. The fourth-order valence-corrected chi connectivity index (χ4v) is 2.62. The first-order chi connectivity index (χ1) is 13.7. The van der Waals surface area contributed by atoms with Crippen molar-refractivity contribution in [3.8, 4) is 17.3 Å². The largest absolute Gasteiger partial charge is 0.493 e. The fraction of sp³-hybridized carbons (Fsp3) is 0.250. The predicted octanol–water partition coefficient (Wildman–Crippen LogP) is 3.48. The second-order valence-corrected chi connectivity index (χ2v) is 5.82. The van der Waals surface area contributed by atoms with E-state index in [1.54, 1.807) is 31.2 Å². The zero-order valence-corrected chi connectivity index (χ0v) is 19.0. The van der Waals surface area contributed by atoms with E-state index in [9.17, 15) is 0 Å². The molecule has 2 N–H and O–H groups in total. The van der Waals surface area contributed by atoms with Crippen LogP contribution in [0.4, 0.5) is 5.69 Å². The summed E-state index contributed by atoms with van der Waals surface area (Å²) in [5.74, 6) is 2.79. The zero-order valence-electron chi connectivity index (χ0n) is 16.6. The summed E-state index contributed by atoms with van der Waals surface area (Å²) < 4.78 is 12.7. The van der Waals surface area contributed by atoms with Gasteiger partial charge in [-0.25, -0.2) is 9.67 Å². The Morgan fingerprint density at radius 1 is 1.17 bits per heavy atom. The number of aliphatic imine (C=N–C) groups is 1. The summed E-state index contributed by atoms with van der Waals surface area (Å²) in [7, 11) is 3.35. The van der Waals surface area contributed by atoms with Crippen LogP contribution in [0.15, 0.2) is 60.0 Å². The SMILES string of the molecule is CCOc1cc(NC(=NC)NCc2ccnc(-n3cccn3)c2)ccc1OC.I. The monoisotopic (exact) mass is 508 g/mol. The molecule has 0 radical (unpaired) electrons. The van der Waals surface area contributed by atoms with E-state index >= 15 is 0 Å². The number of rotatable bonds is 7. The summed E-state index contributed by atoms with van der Waals surface area (Å²) in [6.45, 7) is 3.09. The number of aromatic nitrogens is 3. The summed E-state index contributed by atoms with van der Waals surface area (Å²) in [6.07, 6.45) is 5.35. The van der Waals surface area contributed by atoms with Crippen molar-refractivity contribution in [1.82, 2.24) is 20.1 Å². The van der Waals surface area contributed by atoms with Gasteiger partial charge in [0.2, 0.25) is 0 Å². The molecule has 9 heteroatoms. The summed E-state index contributed by atoms with van der Waals surface area (Å²) in [4.78, 5) is 8.62. The summed E-state index contributed by atoms with van der Waals surface area (Å²) >= 11 is 0. The highest BCUT2D eigenvalue weighted by Crippen LogP contribution is 2.30. The predicted molar refractivity (Wildman–Crippen MR) is 125 cm³/mol. The van der Waals surface area contributed by atoms with Crippen molar-refractivity contribution in [3.05, 3.63) is 60.6 Å². The molecule has 0 fully saturated rings. The minimum absolute atomic E-state index is 0. The van der Waals surface area contributed by atoms with Crippen molar-refractivity contribution < 1.29 is 9.47 Å². The van der Waals surface area contributed by atoms with Crippen LogP contribution in [0, 0.1) is 0 Å². The standard InChI is InChI=1S/C20H24N6O2.HI/c1-4-28-18-13-16(6-7-17(18)27-3)25-20(21-2)23-14-15-8-10-22-19(12-15)26-11-5-9-24-26;/h5-13H,4,14H2,1-3H3,(H2,21,23,25);1H. The second kappa shape index (κ2) is 11.2. The van der Waals surface area contributed by atoms with Crippen LogP contribution in [-0.2, 0) is 6.54 Å². The van der Waals surface area contributed by atoms with E-state index in [-0.39, 0.29) is 24.0 Å². The normalized spacial score (nSPS) is 10.8. The van der Waals surface area contributed by atoms with Crippen molar-refractivity contribution in [2.24, 2.45) is 4.99 Å². The number of anilines is 1. The van der Waals surface area contributed by atoms with E-state index in [0.717, 1.165) is 17.1 Å². The van der Waals surface area contributed by atoms with E-state index in [2.05, 4.69) is 25.7 Å². The van der Waals surface area contributed by atoms with E-state index in [1.165, 1.54) is 0 Å². The highest BCUT2D eigenvalue weighted by molar-refractivity contribution is 14.0. The molecule has 0 unspecified atom stereocenters. The molecule has 8 nitrogen and oxygen atoms in total. The fourth-order valence-electron chi connectivity index (χ4n) is 2.62. The van der Waals surface area contributed by atoms with Gasteiger partial charge in [-0.2, -0.15) is 5.10 Å². The second-order valence-electron chi connectivity index (χ2n) is 5.82. The number of ether oxygens (including phenoxy) is 2. The van der Waals surface area contributed by atoms with Gasteiger partial charge in [-0.05, 0) is 42.8 Å².